The van der Waals surface area contributed by atoms with Crippen molar-refractivity contribution < 1.29 is 0 Å². The Hall–Kier alpha value is 0.453. The molecule has 0 saturated carbocycles. The SMILES string of the molecule is C1=C\C=[CH]/[Bi][S]\C=C/1. The van der Waals surface area contributed by atoms with Crippen LogP contribution in [0.2, 0.25) is 0 Å². The number of allylic oxidation sites excluding steroid dienone is 4. The number of rotatable bonds is 0. The quantitative estimate of drug-likeness (QED) is 0.615. The van der Waals surface area contributed by atoms with E-state index in [1.54, 1.807) is 0 Å². The summed E-state index contributed by atoms with van der Waals surface area (Å²) in [5, 5.41) is 2.18. The van der Waals surface area contributed by atoms with Gasteiger partial charge in [0.1, 0.15) is 0 Å². The molecule has 0 bridgehead atoms. The third-order valence-electron chi connectivity index (χ3n) is 0.681. The first kappa shape index (κ1) is 6.57. The van der Waals surface area contributed by atoms with Gasteiger partial charge in [-0.3, -0.25) is 0 Å². The summed E-state index contributed by atoms with van der Waals surface area (Å²) < 4.78 is 2.32. The first-order chi connectivity index (χ1) is 4.00. The van der Waals surface area contributed by atoms with Crippen molar-refractivity contribution >= 4 is 30.3 Å². The van der Waals surface area contributed by atoms with E-state index in [-0.39, 0.29) is 21.8 Å². The van der Waals surface area contributed by atoms with Crippen molar-refractivity contribution in [2.75, 3.05) is 0 Å². The van der Waals surface area contributed by atoms with Crippen LogP contribution < -0.4 is 0 Å². The molecule has 0 aromatic heterocycles. The van der Waals surface area contributed by atoms with Crippen molar-refractivity contribution in [3.05, 3.63) is 33.5 Å². The first-order valence-electron chi connectivity index (χ1n) is 2.34. The van der Waals surface area contributed by atoms with E-state index in [4.69, 9.17) is 0 Å². The van der Waals surface area contributed by atoms with Gasteiger partial charge in [0.05, 0.1) is 0 Å². The molecular weight excluding hydrogens is 313 g/mol. The normalized spacial score (nSPS) is 30.0. The van der Waals surface area contributed by atoms with Crippen molar-refractivity contribution in [2.24, 2.45) is 0 Å². The van der Waals surface area contributed by atoms with E-state index in [1.807, 2.05) is 8.52 Å². The molecule has 0 unspecified atom stereocenters. The minimum absolute atomic E-state index is 0.265. The maximum absolute atomic E-state index is 2.32. The molecule has 0 amide bonds. The summed E-state index contributed by atoms with van der Waals surface area (Å²) in [6.45, 7) is 0. The summed E-state index contributed by atoms with van der Waals surface area (Å²) in [7, 11) is 1.99. The van der Waals surface area contributed by atoms with Crippen molar-refractivity contribution in [3.8, 4) is 0 Å². The van der Waals surface area contributed by atoms with Crippen LogP contribution in [0.4, 0.5) is 0 Å². The molecule has 1 heterocycles. The molecule has 0 atom stereocenters. The fourth-order valence-corrected chi connectivity index (χ4v) is 4.40. The molecule has 2 heteroatoms. The fourth-order valence-electron chi connectivity index (χ4n) is 0.364. The van der Waals surface area contributed by atoms with Crippen LogP contribution in [0.1, 0.15) is 0 Å². The average Bonchev–Trinajstić information content (AvgIpc) is 1.62. The Morgan fingerprint density at radius 3 is 2.88 bits per heavy atom. The van der Waals surface area contributed by atoms with Crippen molar-refractivity contribution in [1.29, 1.82) is 0 Å². The molecule has 0 spiro atoms. The predicted octanol–water partition coefficient (Wildman–Crippen LogP) is 1.94. The second-order valence-corrected chi connectivity index (χ2v) is 8.04. The van der Waals surface area contributed by atoms with Crippen LogP contribution in [0.3, 0.4) is 0 Å². The standard InChI is InChI=1S/C6H7S.Bi/c1-2-3-4-5-6-7;/h1-7H;/q;+1/p-1/b2-1?,4-3-,6-5-;. The van der Waals surface area contributed by atoms with Crippen molar-refractivity contribution in [2.45, 2.75) is 0 Å². The van der Waals surface area contributed by atoms with Gasteiger partial charge in [-0.2, -0.15) is 0 Å². The van der Waals surface area contributed by atoms with E-state index in [0.29, 0.717) is 0 Å². The predicted molar refractivity (Wildman–Crippen MR) is 40.8 cm³/mol. The molecule has 1 radical (unpaired) electrons. The van der Waals surface area contributed by atoms with Gasteiger partial charge in [0.2, 0.25) is 0 Å². The van der Waals surface area contributed by atoms with Crippen LogP contribution in [-0.4, -0.2) is 21.8 Å². The van der Waals surface area contributed by atoms with Gasteiger partial charge in [0, 0.05) is 0 Å². The molecule has 1 aliphatic heterocycles. The van der Waals surface area contributed by atoms with E-state index < -0.39 is 0 Å². The Morgan fingerprint density at radius 1 is 1.00 bits per heavy atom. The maximum atomic E-state index is 2.32. The average molecular weight is 319 g/mol. The van der Waals surface area contributed by atoms with Crippen LogP contribution in [0.25, 0.3) is 0 Å². The molecule has 0 nitrogen and oxygen atoms in total. The summed E-state index contributed by atoms with van der Waals surface area (Å²) in [4.78, 5) is 0. The molecule has 0 aromatic rings. The van der Waals surface area contributed by atoms with Gasteiger partial charge in [0.25, 0.3) is 0 Å². The van der Waals surface area contributed by atoms with E-state index in [1.165, 1.54) is 0 Å². The topological polar surface area (TPSA) is 0 Å². The van der Waals surface area contributed by atoms with Gasteiger partial charge >= 0.3 is 63.8 Å². The summed E-state index contributed by atoms with van der Waals surface area (Å²) >= 11 is -0.265. The Morgan fingerprint density at radius 2 is 1.88 bits per heavy atom. The van der Waals surface area contributed by atoms with Gasteiger partial charge in [-0.15, -0.1) is 0 Å². The Labute approximate surface area is 63.6 Å². The summed E-state index contributed by atoms with van der Waals surface area (Å²) in [5.74, 6) is 0. The number of hydrogen-bond donors (Lipinski definition) is 0. The Bertz CT molecular complexity index is 119. The second kappa shape index (κ2) is 4.34. The first-order valence-corrected chi connectivity index (χ1v) is 9.45. The molecule has 0 aliphatic carbocycles. The molecule has 8 heavy (non-hydrogen) atoms. The van der Waals surface area contributed by atoms with E-state index in [0.717, 1.165) is 0 Å². The molecule has 41 valence electrons. The van der Waals surface area contributed by atoms with Crippen LogP contribution in [-0.2, 0) is 0 Å². The molecular formula is C6H6BiS. The molecule has 1 aliphatic rings. The zero-order valence-corrected chi connectivity index (χ0v) is 8.61. The molecule has 0 N–H and O–H groups in total. The van der Waals surface area contributed by atoms with Gasteiger partial charge in [-0.05, 0) is 0 Å². The van der Waals surface area contributed by atoms with Gasteiger partial charge in [-0.25, -0.2) is 0 Å². The van der Waals surface area contributed by atoms with E-state index in [9.17, 15) is 0 Å². The van der Waals surface area contributed by atoms with E-state index in [2.05, 4.69) is 33.5 Å². The third-order valence-corrected chi connectivity index (χ3v) is 6.13. The molecule has 0 aromatic carbocycles. The third kappa shape index (κ3) is 2.69. The van der Waals surface area contributed by atoms with Gasteiger partial charge < -0.3 is 0 Å². The van der Waals surface area contributed by atoms with Crippen LogP contribution >= 0.6 is 8.52 Å². The summed E-state index contributed by atoms with van der Waals surface area (Å²) in [5.41, 5.74) is 0. The van der Waals surface area contributed by atoms with Gasteiger partial charge in [-0.1, -0.05) is 0 Å². The zero-order valence-electron chi connectivity index (χ0n) is 4.32. The fraction of sp³-hybridized carbons (Fsp3) is 0. The minimum atomic E-state index is -0.265. The van der Waals surface area contributed by atoms with Crippen LogP contribution in [0, 0.1) is 0 Å². The van der Waals surface area contributed by atoms with Crippen LogP contribution in [0.5, 0.6) is 0 Å². The monoisotopic (exact) mass is 319 g/mol. The Balaban J connectivity index is 2.51. The summed E-state index contributed by atoms with van der Waals surface area (Å²) in [6.07, 6.45) is 8.38. The van der Waals surface area contributed by atoms with Crippen molar-refractivity contribution in [3.63, 3.8) is 0 Å². The molecule has 0 saturated heterocycles. The Kier molecular flexibility index (Phi) is 3.57. The molecule has 1 rings (SSSR count). The molecule has 0 fully saturated rings. The van der Waals surface area contributed by atoms with Gasteiger partial charge in [0.15, 0.2) is 0 Å². The second-order valence-electron chi connectivity index (χ2n) is 1.27. The van der Waals surface area contributed by atoms with Crippen LogP contribution in [0.15, 0.2) is 33.5 Å². The van der Waals surface area contributed by atoms with Crippen molar-refractivity contribution in [1.82, 2.24) is 0 Å². The van der Waals surface area contributed by atoms with E-state index >= 15 is 0 Å². The summed E-state index contributed by atoms with van der Waals surface area (Å²) in [6, 6.07) is 0. The zero-order chi connectivity index (χ0) is 5.66. The number of hydrogen-bond acceptors (Lipinski definition) is 1.